The van der Waals surface area contributed by atoms with E-state index < -0.39 is 5.82 Å². The van der Waals surface area contributed by atoms with Crippen molar-refractivity contribution in [3.8, 4) is 17.2 Å². The zero-order valence-corrected chi connectivity index (χ0v) is 10.5. The van der Waals surface area contributed by atoms with Crippen LogP contribution < -0.4 is 0 Å². The van der Waals surface area contributed by atoms with Crippen molar-refractivity contribution >= 4 is 0 Å². The highest BCUT2D eigenvalue weighted by molar-refractivity contribution is 5.61. The van der Waals surface area contributed by atoms with Crippen molar-refractivity contribution in [2.75, 3.05) is 0 Å². The number of hydrogen-bond acceptors (Lipinski definition) is 4. The lowest BCUT2D eigenvalue weighted by Crippen LogP contribution is -1.90. The molecule has 20 heavy (non-hydrogen) atoms. The van der Waals surface area contributed by atoms with Gasteiger partial charge >= 0.3 is 0 Å². The van der Waals surface area contributed by atoms with Crippen LogP contribution in [-0.4, -0.2) is 15.2 Å². The van der Waals surface area contributed by atoms with Crippen LogP contribution in [0.5, 0.6) is 5.75 Å². The highest BCUT2D eigenvalue weighted by Crippen LogP contribution is 2.28. The van der Waals surface area contributed by atoms with Gasteiger partial charge in [-0.15, -0.1) is 0 Å². The molecule has 1 aromatic heterocycles. The summed E-state index contributed by atoms with van der Waals surface area (Å²) in [5, 5.41) is 13.5. The van der Waals surface area contributed by atoms with Crippen molar-refractivity contribution in [1.29, 1.82) is 0 Å². The predicted molar refractivity (Wildman–Crippen MR) is 70.6 cm³/mol. The summed E-state index contributed by atoms with van der Waals surface area (Å²) in [7, 11) is 0. The molecule has 0 bridgehead atoms. The molecule has 0 spiro atoms. The van der Waals surface area contributed by atoms with Gasteiger partial charge in [-0.2, -0.15) is 4.98 Å². The Morgan fingerprint density at radius 3 is 2.70 bits per heavy atom. The fourth-order valence-corrected chi connectivity index (χ4v) is 1.89. The summed E-state index contributed by atoms with van der Waals surface area (Å²) >= 11 is 0. The number of nitrogens with zero attached hydrogens (tertiary/aromatic N) is 2. The van der Waals surface area contributed by atoms with E-state index in [1.54, 1.807) is 0 Å². The smallest absolute Gasteiger partial charge is 0.261 e. The molecule has 0 aliphatic heterocycles. The lowest BCUT2D eigenvalue weighted by molar-refractivity contribution is 0.418. The molecule has 100 valence electrons. The molecule has 0 aliphatic carbocycles. The lowest BCUT2D eigenvalue weighted by atomic mass is 10.1. The van der Waals surface area contributed by atoms with Crippen LogP contribution in [0.2, 0.25) is 0 Å². The van der Waals surface area contributed by atoms with E-state index in [9.17, 15) is 9.50 Å². The second-order valence-corrected chi connectivity index (χ2v) is 4.34. The van der Waals surface area contributed by atoms with Gasteiger partial charge in [0.1, 0.15) is 11.6 Å². The summed E-state index contributed by atoms with van der Waals surface area (Å²) in [5.74, 6) is 0.0183. The van der Waals surface area contributed by atoms with E-state index in [0.29, 0.717) is 12.2 Å². The molecule has 3 aromatic rings. The van der Waals surface area contributed by atoms with Gasteiger partial charge < -0.3 is 9.63 Å². The van der Waals surface area contributed by atoms with Crippen LogP contribution >= 0.6 is 0 Å². The molecule has 2 aromatic carbocycles. The molecule has 0 aliphatic rings. The van der Waals surface area contributed by atoms with E-state index in [-0.39, 0.29) is 17.2 Å². The van der Waals surface area contributed by atoms with Crippen molar-refractivity contribution < 1.29 is 14.0 Å². The molecule has 1 heterocycles. The molecule has 0 saturated heterocycles. The summed E-state index contributed by atoms with van der Waals surface area (Å²) < 4.78 is 18.3. The maximum Gasteiger partial charge on any atom is 0.261 e. The van der Waals surface area contributed by atoms with Gasteiger partial charge in [0, 0.05) is 6.42 Å². The van der Waals surface area contributed by atoms with Crippen molar-refractivity contribution in [3.05, 3.63) is 65.7 Å². The first-order chi connectivity index (χ1) is 9.72. The SMILES string of the molecule is Oc1ccc(F)cc1-c1nc(Cc2ccccc2)no1. The Bertz CT molecular complexity index is 726. The Morgan fingerprint density at radius 2 is 1.90 bits per heavy atom. The van der Waals surface area contributed by atoms with Crippen LogP contribution in [0.25, 0.3) is 11.5 Å². The van der Waals surface area contributed by atoms with E-state index in [2.05, 4.69) is 10.1 Å². The Hall–Kier alpha value is -2.69. The largest absolute Gasteiger partial charge is 0.507 e. The number of hydrogen-bond donors (Lipinski definition) is 1. The van der Waals surface area contributed by atoms with Crippen LogP contribution in [0, 0.1) is 5.82 Å². The zero-order valence-electron chi connectivity index (χ0n) is 10.5. The van der Waals surface area contributed by atoms with Crippen LogP contribution in [-0.2, 0) is 6.42 Å². The van der Waals surface area contributed by atoms with Gasteiger partial charge in [-0.05, 0) is 23.8 Å². The summed E-state index contributed by atoms with van der Waals surface area (Å²) in [5.41, 5.74) is 1.24. The molecule has 0 saturated carbocycles. The number of phenolic OH excluding ortho intramolecular Hbond substituents is 1. The third-order valence-corrected chi connectivity index (χ3v) is 2.86. The number of halogens is 1. The highest BCUT2D eigenvalue weighted by atomic mass is 19.1. The third-order valence-electron chi connectivity index (χ3n) is 2.86. The molecule has 3 rings (SSSR count). The van der Waals surface area contributed by atoms with Crippen molar-refractivity contribution in [3.63, 3.8) is 0 Å². The van der Waals surface area contributed by atoms with Crippen LogP contribution in [0.4, 0.5) is 4.39 Å². The second-order valence-electron chi connectivity index (χ2n) is 4.34. The van der Waals surface area contributed by atoms with Gasteiger partial charge in [0.05, 0.1) is 5.56 Å². The first-order valence-electron chi connectivity index (χ1n) is 6.08. The Kier molecular flexibility index (Phi) is 3.16. The first-order valence-corrected chi connectivity index (χ1v) is 6.08. The van der Waals surface area contributed by atoms with Crippen LogP contribution in [0.15, 0.2) is 53.1 Å². The Morgan fingerprint density at radius 1 is 1.10 bits per heavy atom. The predicted octanol–water partition coefficient (Wildman–Crippen LogP) is 3.17. The first kappa shape index (κ1) is 12.3. The monoisotopic (exact) mass is 270 g/mol. The van der Waals surface area contributed by atoms with Gasteiger partial charge in [0.25, 0.3) is 5.89 Å². The van der Waals surface area contributed by atoms with Gasteiger partial charge in [-0.3, -0.25) is 0 Å². The van der Waals surface area contributed by atoms with Gasteiger partial charge in [0.2, 0.25) is 0 Å². The van der Waals surface area contributed by atoms with Crippen molar-refractivity contribution in [1.82, 2.24) is 10.1 Å². The van der Waals surface area contributed by atoms with Gasteiger partial charge in [-0.25, -0.2) is 4.39 Å². The minimum absolute atomic E-state index is 0.0960. The second kappa shape index (κ2) is 5.13. The van der Waals surface area contributed by atoms with E-state index in [1.165, 1.54) is 12.1 Å². The van der Waals surface area contributed by atoms with Crippen molar-refractivity contribution in [2.24, 2.45) is 0 Å². The van der Waals surface area contributed by atoms with E-state index in [4.69, 9.17) is 4.52 Å². The molecule has 4 nitrogen and oxygen atoms in total. The maximum absolute atomic E-state index is 13.2. The number of rotatable bonds is 3. The molecule has 0 atom stereocenters. The molecular formula is C15H11FN2O2. The standard InChI is InChI=1S/C15H11FN2O2/c16-11-6-7-13(19)12(9-11)15-17-14(18-20-15)8-10-4-2-1-3-5-10/h1-7,9,19H,8H2. The van der Waals surface area contributed by atoms with Gasteiger partial charge in [-0.1, -0.05) is 35.5 Å². The lowest BCUT2D eigenvalue weighted by Gasteiger charge is -1.98. The highest BCUT2D eigenvalue weighted by Gasteiger charge is 2.14. The minimum Gasteiger partial charge on any atom is -0.507 e. The topological polar surface area (TPSA) is 59.2 Å². The van der Waals surface area contributed by atoms with Crippen LogP contribution in [0.1, 0.15) is 11.4 Å². The average Bonchev–Trinajstić information content (AvgIpc) is 2.91. The average molecular weight is 270 g/mol. The fourth-order valence-electron chi connectivity index (χ4n) is 1.89. The molecule has 0 fully saturated rings. The fraction of sp³-hybridized carbons (Fsp3) is 0.0667. The van der Waals surface area contributed by atoms with Gasteiger partial charge in [0.15, 0.2) is 5.82 Å². The van der Waals surface area contributed by atoms with Crippen LogP contribution in [0.3, 0.4) is 0 Å². The molecule has 5 heteroatoms. The molecule has 0 radical (unpaired) electrons. The normalized spacial score (nSPS) is 10.7. The minimum atomic E-state index is -0.472. The number of aromatic nitrogens is 2. The zero-order chi connectivity index (χ0) is 13.9. The summed E-state index contributed by atoms with van der Waals surface area (Å²) in [6.45, 7) is 0. The summed E-state index contributed by atoms with van der Waals surface area (Å²) in [4.78, 5) is 4.17. The molecule has 0 unspecified atom stereocenters. The number of phenols is 1. The number of aromatic hydroxyl groups is 1. The van der Waals surface area contributed by atoms with E-state index >= 15 is 0 Å². The summed E-state index contributed by atoms with van der Waals surface area (Å²) in [6, 6.07) is 13.3. The third kappa shape index (κ3) is 2.51. The Balaban J connectivity index is 1.88. The molecule has 1 N–H and O–H groups in total. The number of benzene rings is 2. The molecular weight excluding hydrogens is 259 g/mol. The molecule has 0 amide bonds. The van der Waals surface area contributed by atoms with Crippen molar-refractivity contribution in [2.45, 2.75) is 6.42 Å². The maximum atomic E-state index is 13.2. The Labute approximate surface area is 114 Å². The summed E-state index contributed by atoms with van der Waals surface area (Å²) in [6.07, 6.45) is 0.514. The van der Waals surface area contributed by atoms with E-state index in [0.717, 1.165) is 11.6 Å². The van der Waals surface area contributed by atoms with E-state index in [1.807, 2.05) is 30.3 Å². The quantitative estimate of drug-likeness (QED) is 0.794.